The molecule has 2 atom stereocenters. The predicted molar refractivity (Wildman–Crippen MR) is 70.8 cm³/mol. The fraction of sp³-hybridized carbons (Fsp3) is 0.636. The standard InChI is InChI=1S/C11H17BrN2OS/c12-11-4-3-10(16-11)9(6-13)14-7-8-2-1-5-15-8/h3-4,8-9,14H,1-2,5-7,13H2. The quantitative estimate of drug-likeness (QED) is 0.877. The summed E-state index contributed by atoms with van der Waals surface area (Å²) in [6.07, 6.45) is 2.72. The lowest BCUT2D eigenvalue weighted by atomic mass is 10.2. The van der Waals surface area contributed by atoms with Crippen LogP contribution in [0, 0.1) is 0 Å². The number of thiophene rings is 1. The molecule has 3 N–H and O–H groups in total. The number of hydrogen-bond donors (Lipinski definition) is 2. The summed E-state index contributed by atoms with van der Waals surface area (Å²) in [5.41, 5.74) is 5.79. The smallest absolute Gasteiger partial charge is 0.0702 e. The summed E-state index contributed by atoms with van der Waals surface area (Å²) in [4.78, 5) is 1.28. The molecule has 1 fully saturated rings. The molecular weight excluding hydrogens is 288 g/mol. The lowest BCUT2D eigenvalue weighted by Crippen LogP contribution is -2.33. The molecule has 0 spiro atoms. The van der Waals surface area contributed by atoms with Crippen LogP contribution < -0.4 is 11.1 Å². The van der Waals surface area contributed by atoms with E-state index in [1.807, 2.05) is 0 Å². The lowest BCUT2D eigenvalue weighted by Gasteiger charge is -2.18. The highest BCUT2D eigenvalue weighted by Gasteiger charge is 2.18. The number of hydrogen-bond acceptors (Lipinski definition) is 4. The first-order valence-electron chi connectivity index (χ1n) is 5.60. The molecule has 2 unspecified atom stereocenters. The van der Waals surface area contributed by atoms with E-state index in [2.05, 4.69) is 33.4 Å². The molecule has 1 saturated heterocycles. The van der Waals surface area contributed by atoms with Crippen molar-refractivity contribution < 1.29 is 4.74 Å². The molecule has 0 aliphatic carbocycles. The summed E-state index contributed by atoms with van der Waals surface area (Å²) in [6, 6.07) is 4.44. The van der Waals surface area contributed by atoms with Gasteiger partial charge < -0.3 is 15.8 Å². The zero-order valence-corrected chi connectivity index (χ0v) is 11.5. The topological polar surface area (TPSA) is 47.3 Å². The Morgan fingerprint density at radius 2 is 2.50 bits per heavy atom. The van der Waals surface area contributed by atoms with Gasteiger partial charge in [-0.3, -0.25) is 0 Å². The van der Waals surface area contributed by atoms with Gasteiger partial charge in [0.2, 0.25) is 0 Å². The third-order valence-corrected chi connectivity index (χ3v) is 4.53. The van der Waals surface area contributed by atoms with Gasteiger partial charge in [-0.05, 0) is 40.9 Å². The summed E-state index contributed by atoms with van der Waals surface area (Å²) >= 11 is 5.21. The molecule has 2 heterocycles. The Hall–Kier alpha value is 0.0600. The maximum absolute atomic E-state index is 5.79. The van der Waals surface area contributed by atoms with Crippen LogP contribution in [0.4, 0.5) is 0 Å². The van der Waals surface area contributed by atoms with Crippen LogP contribution in [-0.2, 0) is 4.74 Å². The van der Waals surface area contributed by atoms with Crippen LogP contribution in [0.25, 0.3) is 0 Å². The van der Waals surface area contributed by atoms with Gasteiger partial charge >= 0.3 is 0 Å². The minimum atomic E-state index is 0.250. The molecular formula is C11H17BrN2OS. The highest BCUT2D eigenvalue weighted by atomic mass is 79.9. The molecule has 1 aliphatic rings. The van der Waals surface area contributed by atoms with Crippen LogP contribution >= 0.6 is 27.3 Å². The highest BCUT2D eigenvalue weighted by molar-refractivity contribution is 9.11. The van der Waals surface area contributed by atoms with Crippen molar-refractivity contribution in [1.29, 1.82) is 0 Å². The molecule has 5 heteroatoms. The van der Waals surface area contributed by atoms with Crippen molar-refractivity contribution in [3.63, 3.8) is 0 Å². The van der Waals surface area contributed by atoms with Gasteiger partial charge in [-0.15, -0.1) is 11.3 Å². The number of halogens is 1. The number of nitrogens with one attached hydrogen (secondary N) is 1. The SMILES string of the molecule is NCC(NCC1CCCO1)c1ccc(Br)s1. The summed E-state index contributed by atoms with van der Waals surface area (Å²) in [7, 11) is 0. The molecule has 3 nitrogen and oxygen atoms in total. The van der Waals surface area contributed by atoms with Crippen LogP contribution in [-0.4, -0.2) is 25.8 Å². The Balaban J connectivity index is 1.85. The molecule has 0 amide bonds. The van der Waals surface area contributed by atoms with E-state index in [4.69, 9.17) is 10.5 Å². The van der Waals surface area contributed by atoms with Crippen LogP contribution in [0.15, 0.2) is 15.9 Å². The highest BCUT2D eigenvalue weighted by Crippen LogP contribution is 2.27. The molecule has 1 aromatic rings. The average molecular weight is 305 g/mol. The molecule has 0 bridgehead atoms. The maximum atomic E-state index is 5.79. The van der Waals surface area contributed by atoms with Gasteiger partial charge in [0.1, 0.15) is 0 Å². The second-order valence-corrected chi connectivity index (χ2v) is 6.47. The molecule has 2 rings (SSSR count). The molecule has 1 aromatic heterocycles. The monoisotopic (exact) mass is 304 g/mol. The van der Waals surface area contributed by atoms with Gasteiger partial charge in [0.25, 0.3) is 0 Å². The molecule has 90 valence electrons. The van der Waals surface area contributed by atoms with Crippen molar-refractivity contribution >= 4 is 27.3 Å². The zero-order chi connectivity index (χ0) is 11.4. The Labute approximate surface area is 108 Å². The minimum absolute atomic E-state index is 0.250. The molecule has 0 saturated carbocycles. The summed E-state index contributed by atoms with van der Waals surface area (Å²) < 4.78 is 6.73. The van der Waals surface area contributed by atoms with Crippen LogP contribution in [0.2, 0.25) is 0 Å². The Kier molecular flexibility index (Phi) is 4.79. The third kappa shape index (κ3) is 3.28. The van der Waals surface area contributed by atoms with E-state index in [1.165, 1.54) is 17.7 Å². The van der Waals surface area contributed by atoms with E-state index in [0.29, 0.717) is 12.6 Å². The summed E-state index contributed by atoms with van der Waals surface area (Å²) in [5.74, 6) is 0. The van der Waals surface area contributed by atoms with E-state index < -0.39 is 0 Å². The number of rotatable bonds is 5. The first kappa shape index (κ1) is 12.5. The molecule has 0 radical (unpaired) electrons. The zero-order valence-electron chi connectivity index (χ0n) is 9.12. The average Bonchev–Trinajstić information content (AvgIpc) is 2.91. The fourth-order valence-corrected chi connectivity index (χ4v) is 3.41. The Morgan fingerprint density at radius 1 is 1.62 bits per heavy atom. The predicted octanol–water partition coefficient (Wildman–Crippen LogP) is 2.28. The normalized spacial score (nSPS) is 22.5. The largest absolute Gasteiger partial charge is 0.377 e. The lowest BCUT2D eigenvalue weighted by molar-refractivity contribution is 0.108. The number of ether oxygens (including phenoxy) is 1. The first-order chi connectivity index (χ1) is 7.79. The van der Waals surface area contributed by atoms with Gasteiger partial charge in [-0.25, -0.2) is 0 Å². The van der Waals surface area contributed by atoms with Crippen molar-refractivity contribution in [3.05, 3.63) is 20.8 Å². The van der Waals surface area contributed by atoms with E-state index in [1.54, 1.807) is 11.3 Å². The second-order valence-electron chi connectivity index (χ2n) is 3.97. The molecule has 16 heavy (non-hydrogen) atoms. The summed E-state index contributed by atoms with van der Waals surface area (Å²) in [6.45, 7) is 2.43. The van der Waals surface area contributed by atoms with E-state index >= 15 is 0 Å². The Bertz CT molecular complexity index is 326. The molecule has 1 aliphatic heterocycles. The van der Waals surface area contributed by atoms with Crippen LogP contribution in [0.3, 0.4) is 0 Å². The van der Waals surface area contributed by atoms with Crippen molar-refractivity contribution in [2.45, 2.75) is 25.0 Å². The van der Waals surface area contributed by atoms with E-state index in [9.17, 15) is 0 Å². The Morgan fingerprint density at radius 3 is 3.06 bits per heavy atom. The molecule has 0 aromatic carbocycles. The second kappa shape index (κ2) is 6.12. The van der Waals surface area contributed by atoms with Crippen LogP contribution in [0.5, 0.6) is 0 Å². The van der Waals surface area contributed by atoms with Gasteiger partial charge in [0.05, 0.1) is 15.9 Å². The third-order valence-electron chi connectivity index (χ3n) is 2.79. The number of nitrogens with two attached hydrogens (primary N) is 1. The van der Waals surface area contributed by atoms with Crippen LogP contribution in [0.1, 0.15) is 23.8 Å². The van der Waals surface area contributed by atoms with Gasteiger partial charge in [0.15, 0.2) is 0 Å². The first-order valence-corrected chi connectivity index (χ1v) is 7.21. The van der Waals surface area contributed by atoms with Gasteiger partial charge in [0, 0.05) is 24.6 Å². The van der Waals surface area contributed by atoms with Gasteiger partial charge in [-0.1, -0.05) is 0 Å². The van der Waals surface area contributed by atoms with Crippen molar-refractivity contribution in [3.8, 4) is 0 Å². The fourth-order valence-electron chi connectivity index (χ4n) is 1.89. The van der Waals surface area contributed by atoms with E-state index in [-0.39, 0.29) is 6.04 Å². The van der Waals surface area contributed by atoms with E-state index in [0.717, 1.165) is 16.9 Å². The van der Waals surface area contributed by atoms with Gasteiger partial charge in [-0.2, -0.15) is 0 Å². The maximum Gasteiger partial charge on any atom is 0.0702 e. The van der Waals surface area contributed by atoms with Crippen molar-refractivity contribution in [2.75, 3.05) is 19.7 Å². The van der Waals surface area contributed by atoms with Crippen molar-refractivity contribution in [2.24, 2.45) is 5.73 Å². The van der Waals surface area contributed by atoms with Crippen molar-refractivity contribution in [1.82, 2.24) is 5.32 Å². The summed E-state index contributed by atoms with van der Waals surface area (Å²) in [5, 5.41) is 3.48. The minimum Gasteiger partial charge on any atom is -0.377 e.